The van der Waals surface area contributed by atoms with Crippen LogP contribution in [0.1, 0.15) is 39.4 Å². The van der Waals surface area contributed by atoms with Crippen molar-refractivity contribution in [1.82, 2.24) is 10.5 Å². The van der Waals surface area contributed by atoms with Crippen molar-refractivity contribution in [2.24, 2.45) is 0 Å². The molecule has 1 heterocycles. The molecule has 1 aromatic heterocycles. The van der Waals surface area contributed by atoms with E-state index in [9.17, 15) is 4.79 Å². The molecule has 0 radical (unpaired) electrons. The summed E-state index contributed by atoms with van der Waals surface area (Å²) in [6.45, 7) is 5.88. The third kappa shape index (κ3) is 6.19. The number of nitrogens with one attached hydrogen (secondary N) is 1. The number of rotatable bonds is 10. The van der Waals surface area contributed by atoms with Gasteiger partial charge in [0.05, 0.1) is 17.9 Å². The third-order valence-corrected chi connectivity index (χ3v) is 4.54. The lowest BCUT2D eigenvalue weighted by Crippen LogP contribution is -2.25. The highest BCUT2D eigenvalue weighted by atomic mass is 16.5. The molecular weight excluding hydrogens is 368 g/mol. The lowest BCUT2D eigenvalue weighted by Gasteiger charge is -2.08. The van der Waals surface area contributed by atoms with E-state index in [4.69, 9.17) is 14.0 Å². The van der Waals surface area contributed by atoms with E-state index in [0.29, 0.717) is 37.7 Å². The van der Waals surface area contributed by atoms with Gasteiger partial charge < -0.3 is 19.3 Å². The predicted octanol–water partition coefficient (Wildman–Crippen LogP) is 4.21. The first-order chi connectivity index (χ1) is 14.1. The monoisotopic (exact) mass is 394 g/mol. The summed E-state index contributed by atoms with van der Waals surface area (Å²) in [6.07, 6.45) is 0.761. The van der Waals surface area contributed by atoms with Crippen LogP contribution in [0, 0.1) is 13.8 Å². The minimum atomic E-state index is -0.106. The molecule has 3 rings (SSSR count). The van der Waals surface area contributed by atoms with E-state index in [0.717, 1.165) is 29.0 Å². The number of benzene rings is 2. The number of hydrogen-bond acceptors (Lipinski definition) is 5. The average Bonchev–Trinajstić information content (AvgIpc) is 3.07. The van der Waals surface area contributed by atoms with Gasteiger partial charge in [-0.25, -0.2) is 0 Å². The van der Waals surface area contributed by atoms with Crippen LogP contribution in [0.3, 0.4) is 0 Å². The Bertz CT molecular complexity index is 885. The third-order valence-electron chi connectivity index (χ3n) is 4.54. The molecule has 6 nitrogen and oxygen atoms in total. The van der Waals surface area contributed by atoms with Crippen LogP contribution >= 0.6 is 0 Å². The first-order valence-electron chi connectivity index (χ1n) is 9.68. The van der Waals surface area contributed by atoms with Gasteiger partial charge in [0.1, 0.15) is 18.1 Å². The Morgan fingerprint density at radius 1 is 1.03 bits per heavy atom. The smallest absolute Gasteiger partial charge is 0.251 e. The van der Waals surface area contributed by atoms with Crippen LogP contribution in [0.15, 0.2) is 59.1 Å². The molecule has 0 saturated heterocycles. The normalized spacial score (nSPS) is 10.7. The number of carbonyl (C=O) groups is 1. The number of aromatic nitrogens is 1. The Morgan fingerprint density at radius 3 is 2.48 bits per heavy atom. The summed E-state index contributed by atoms with van der Waals surface area (Å²) in [6, 6.07) is 17.1. The largest absolute Gasteiger partial charge is 0.489 e. The zero-order chi connectivity index (χ0) is 20.5. The molecule has 0 bridgehead atoms. The molecule has 0 fully saturated rings. The van der Waals surface area contributed by atoms with Crippen molar-refractivity contribution in [2.45, 2.75) is 33.5 Å². The Labute approximate surface area is 170 Å². The summed E-state index contributed by atoms with van der Waals surface area (Å²) in [7, 11) is 0. The summed E-state index contributed by atoms with van der Waals surface area (Å²) >= 11 is 0. The molecular formula is C23H26N2O4. The second-order valence-electron chi connectivity index (χ2n) is 6.76. The molecule has 29 heavy (non-hydrogen) atoms. The Morgan fingerprint density at radius 2 is 1.79 bits per heavy atom. The van der Waals surface area contributed by atoms with Crippen LogP contribution in [0.5, 0.6) is 5.75 Å². The van der Waals surface area contributed by atoms with Gasteiger partial charge in [-0.05, 0) is 50.1 Å². The van der Waals surface area contributed by atoms with Crippen molar-refractivity contribution < 1.29 is 18.8 Å². The van der Waals surface area contributed by atoms with Crippen molar-refractivity contribution in [3.05, 3.63) is 82.7 Å². The maximum absolute atomic E-state index is 12.2. The lowest BCUT2D eigenvalue weighted by atomic mass is 10.2. The predicted molar refractivity (Wildman–Crippen MR) is 110 cm³/mol. The number of aryl methyl sites for hydroxylation is 2. The fourth-order valence-electron chi connectivity index (χ4n) is 2.81. The van der Waals surface area contributed by atoms with E-state index in [-0.39, 0.29) is 5.91 Å². The fraction of sp³-hybridized carbons (Fsp3) is 0.304. The number of carbonyl (C=O) groups excluding carboxylic acids is 1. The topological polar surface area (TPSA) is 73.6 Å². The van der Waals surface area contributed by atoms with Gasteiger partial charge in [0, 0.05) is 18.7 Å². The fourth-order valence-corrected chi connectivity index (χ4v) is 2.81. The van der Waals surface area contributed by atoms with Crippen LogP contribution in [0.4, 0.5) is 0 Å². The molecule has 0 atom stereocenters. The van der Waals surface area contributed by atoms with E-state index in [1.54, 1.807) is 24.3 Å². The second-order valence-corrected chi connectivity index (χ2v) is 6.76. The van der Waals surface area contributed by atoms with Crippen molar-refractivity contribution in [3.63, 3.8) is 0 Å². The summed E-state index contributed by atoms with van der Waals surface area (Å²) in [4.78, 5) is 12.2. The highest BCUT2D eigenvalue weighted by Crippen LogP contribution is 2.18. The number of nitrogens with zero attached hydrogens (tertiary/aromatic N) is 1. The molecule has 6 heteroatoms. The Balaban J connectivity index is 1.35. The summed E-state index contributed by atoms with van der Waals surface area (Å²) in [5.41, 5.74) is 3.51. The number of amides is 1. The number of ether oxygens (including phenoxy) is 2. The van der Waals surface area contributed by atoms with Crippen LogP contribution in [0.25, 0.3) is 0 Å². The van der Waals surface area contributed by atoms with Gasteiger partial charge >= 0.3 is 0 Å². The van der Waals surface area contributed by atoms with Gasteiger partial charge in [-0.2, -0.15) is 0 Å². The minimum Gasteiger partial charge on any atom is -0.489 e. The molecule has 0 spiro atoms. The zero-order valence-corrected chi connectivity index (χ0v) is 16.8. The zero-order valence-electron chi connectivity index (χ0n) is 16.8. The van der Waals surface area contributed by atoms with E-state index in [2.05, 4.69) is 10.5 Å². The van der Waals surface area contributed by atoms with Crippen LogP contribution < -0.4 is 10.1 Å². The Hall–Kier alpha value is -3.12. The van der Waals surface area contributed by atoms with Gasteiger partial charge in [-0.1, -0.05) is 35.5 Å². The highest BCUT2D eigenvalue weighted by molar-refractivity contribution is 5.94. The van der Waals surface area contributed by atoms with E-state index in [1.807, 2.05) is 44.2 Å². The quantitative estimate of drug-likeness (QED) is 0.522. The average molecular weight is 394 g/mol. The van der Waals surface area contributed by atoms with Crippen LogP contribution in [-0.2, 0) is 18.0 Å². The molecule has 1 N–H and O–H groups in total. The van der Waals surface area contributed by atoms with Crippen molar-refractivity contribution in [1.29, 1.82) is 0 Å². The second kappa shape index (κ2) is 10.4. The van der Waals surface area contributed by atoms with E-state index in [1.165, 1.54) is 0 Å². The molecule has 0 unspecified atom stereocenters. The SMILES string of the molecule is Cc1noc(C)c1COc1ccc(C(=O)NCCCOCc2ccccc2)cc1. The first-order valence-corrected chi connectivity index (χ1v) is 9.68. The number of hydrogen-bond donors (Lipinski definition) is 1. The molecule has 2 aromatic carbocycles. The molecule has 3 aromatic rings. The van der Waals surface area contributed by atoms with Gasteiger partial charge in [-0.15, -0.1) is 0 Å². The molecule has 0 saturated carbocycles. The maximum atomic E-state index is 12.2. The van der Waals surface area contributed by atoms with Crippen LogP contribution in [0.2, 0.25) is 0 Å². The summed E-state index contributed by atoms with van der Waals surface area (Å²) < 4.78 is 16.5. The minimum absolute atomic E-state index is 0.106. The summed E-state index contributed by atoms with van der Waals surface area (Å²) in [5, 5.41) is 6.82. The van der Waals surface area contributed by atoms with Crippen molar-refractivity contribution >= 4 is 5.91 Å². The van der Waals surface area contributed by atoms with E-state index < -0.39 is 0 Å². The van der Waals surface area contributed by atoms with Gasteiger partial charge in [-0.3, -0.25) is 4.79 Å². The highest BCUT2D eigenvalue weighted by Gasteiger charge is 2.10. The van der Waals surface area contributed by atoms with Crippen LogP contribution in [-0.4, -0.2) is 24.2 Å². The summed E-state index contributed by atoms with van der Waals surface area (Å²) in [5.74, 6) is 1.34. The molecule has 0 aliphatic heterocycles. The maximum Gasteiger partial charge on any atom is 0.251 e. The van der Waals surface area contributed by atoms with Crippen molar-refractivity contribution in [2.75, 3.05) is 13.2 Å². The van der Waals surface area contributed by atoms with E-state index >= 15 is 0 Å². The standard InChI is InChI=1S/C23H26N2O4/c1-17-22(18(2)29-25-17)16-28-21-11-9-20(10-12-21)23(26)24-13-6-14-27-15-19-7-4-3-5-8-19/h3-5,7-12H,6,13-16H2,1-2H3,(H,24,26). The van der Waals surface area contributed by atoms with Gasteiger partial charge in [0.2, 0.25) is 0 Å². The molecule has 1 amide bonds. The first kappa shape index (κ1) is 20.6. The lowest BCUT2D eigenvalue weighted by molar-refractivity contribution is 0.0934. The molecule has 0 aliphatic rings. The Kier molecular flexibility index (Phi) is 7.41. The molecule has 0 aliphatic carbocycles. The molecule has 152 valence electrons. The van der Waals surface area contributed by atoms with Gasteiger partial charge in [0.15, 0.2) is 0 Å². The van der Waals surface area contributed by atoms with Crippen molar-refractivity contribution in [3.8, 4) is 5.75 Å². The van der Waals surface area contributed by atoms with Gasteiger partial charge in [0.25, 0.3) is 5.91 Å².